The molecule has 0 saturated heterocycles. The molecule has 8 rings (SSSR count). The van der Waals surface area contributed by atoms with Crippen LogP contribution in [0.1, 0.15) is 77.8 Å². The lowest BCUT2D eigenvalue weighted by atomic mass is 10.0. The van der Waals surface area contributed by atoms with E-state index in [2.05, 4.69) is 42.2 Å². The van der Waals surface area contributed by atoms with Crippen molar-refractivity contribution in [2.24, 2.45) is 10.2 Å². The van der Waals surface area contributed by atoms with Crippen LogP contribution in [0.15, 0.2) is 83.5 Å². The summed E-state index contributed by atoms with van der Waals surface area (Å²) in [5.74, 6) is -1.09. The summed E-state index contributed by atoms with van der Waals surface area (Å²) in [6.07, 6.45) is 0. The Morgan fingerprint density at radius 1 is 0.762 bits per heavy atom. The highest BCUT2D eigenvalue weighted by atomic mass is 32.1. The Balaban J connectivity index is 1.35. The average molecular weight is 873 g/mol. The van der Waals surface area contributed by atoms with Gasteiger partial charge in [0.25, 0.3) is 0 Å². The summed E-state index contributed by atoms with van der Waals surface area (Å²) < 4.78 is 2.75. The van der Waals surface area contributed by atoms with Crippen molar-refractivity contribution in [2.45, 2.75) is 55.4 Å². The minimum Gasteiger partial charge on any atom is -0.478 e. The molecule has 0 radical (unpaired) electrons. The molecule has 3 N–H and O–H groups in total. The molecule has 4 aromatic heterocycles. The summed E-state index contributed by atoms with van der Waals surface area (Å²) in [6, 6.07) is 22.1. The molecule has 314 valence electrons. The van der Waals surface area contributed by atoms with Gasteiger partial charge in [0, 0.05) is 5.69 Å². The second-order valence-electron chi connectivity index (χ2n) is 15.5. The predicted molar refractivity (Wildman–Crippen MR) is 249 cm³/mol. The topological polar surface area (TPSA) is 195 Å². The molecule has 0 bridgehead atoms. The summed E-state index contributed by atoms with van der Waals surface area (Å²) in [5.41, 5.74) is 11.4. The zero-order valence-electron chi connectivity index (χ0n) is 35.6. The first-order valence-electron chi connectivity index (χ1n) is 19.6. The lowest BCUT2D eigenvalue weighted by molar-refractivity contribution is 0.0686. The number of aromatic nitrogens is 5. The number of nitriles is 1. The van der Waals surface area contributed by atoms with Gasteiger partial charge in [-0.3, -0.25) is 4.90 Å². The lowest BCUT2D eigenvalue weighted by Gasteiger charge is -2.27. The number of carboxylic acids is 2. The van der Waals surface area contributed by atoms with E-state index in [-0.39, 0.29) is 22.5 Å². The van der Waals surface area contributed by atoms with Crippen LogP contribution in [0, 0.1) is 59.8 Å². The van der Waals surface area contributed by atoms with E-state index in [9.17, 15) is 25.1 Å². The van der Waals surface area contributed by atoms with Gasteiger partial charge in [0.1, 0.15) is 28.8 Å². The Hall–Kier alpha value is -7.61. The van der Waals surface area contributed by atoms with Crippen LogP contribution in [0.5, 0.6) is 0 Å². The summed E-state index contributed by atoms with van der Waals surface area (Å²) in [4.78, 5) is 40.7. The average Bonchev–Trinajstić information content (AvgIpc) is 3.94. The Morgan fingerprint density at radius 2 is 1.33 bits per heavy atom. The Labute approximate surface area is 370 Å². The van der Waals surface area contributed by atoms with Crippen LogP contribution in [0.4, 0.5) is 39.6 Å². The zero-order chi connectivity index (χ0) is 45.0. The van der Waals surface area contributed by atoms with E-state index in [0.717, 1.165) is 44.8 Å². The molecule has 14 nitrogen and oxygen atoms in total. The number of carboxylic acid groups (broad SMARTS) is 2. The van der Waals surface area contributed by atoms with Crippen molar-refractivity contribution in [1.29, 1.82) is 5.26 Å². The zero-order valence-corrected chi connectivity index (χ0v) is 37.2. The van der Waals surface area contributed by atoms with Gasteiger partial charge in [0.15, 0.2) is 16.8 Å². The molecule has 0 aliphatic carbocycles. The monoisotopic (exact) mass is 872 g/mol. The molecule has 16 heteroatoms. The van der Waals surface area contributed by atoms with Crippen LogP contribution in [0.2, 0.25) is 0 Å². The van der Waals surface area contributed by atoms with Crippen molar-refractivity contribution in [3.63, 3.8) is 0 Å². The van der Waals surface area contributed by atoms with Crippen LogP contribution in [0.3, 0.4) is 0 Å². The van der Waals surface area contributed by atoms with E-state index >= 15 is 0 Å². The molecule has 8 aromatic rings. The third kappa shape index (κ3) is 7.91. The molecule has 4 aromatic carbocycles. The highest BCUT2D eigenvalue weighted by molar-refractivity contribution is 7.22. The number of azo groups is 1. The van der Waals surface area contributed by atoms with E-state index in [0.29, 0.717) is 64.8 Å². The highest BCUT2D eigenvalue weighted by Crippen LogP contribution is 2.45. The number of fused-ring (bicyclic) bond motifs is 2. The largest absolute Gasteiger partial charge is 0.478 e. The molecule has 0 fully saturated rings. The maximum atomic E-state index is 11.9. The Bertz CT molecular complexity index is 3270. The second-order valence-corrected chi connectivity index (χ2v) is 17.5. The number of allylic oxidation sites excluding steroid dienone is 1. The summed E-state index contributed by atoms with van der Waals surface area (Å²) in [7, 11) is 0. The van der Waals surface area contributed by atoms with Gasteiger partial charge in [0.05, 0.1) is 37.2 Å². The van der Waals surface area contributed by atoms with Crippen molar-refractivity contribution in [3.05, 3.63) is 135 Å². The van der Waals surface area contributed by atoms with Crippen molar-refractivity contribution in [2.75, 3.05) is 10.2 Å². The van der Waals surface area contributed by atoms with Crippen LogP contribution in [-0.2, 0) is 0 Å². The van der Waals surface area contributed by atoms with E-state index in [4.69, 9.17) is 30.3 Å². The highest BCUT2D eigenvalue weighted by Gasteiger charge is 2.27. The first kappa shape index (κ1) is 42.1. The number of nitrogens with one attached hydrogen (secondary N) is 1. The maximum Gasteiger partial charge on any atom is 0.335 e. The van der Waals surface area contributed by atoms with Crippen LogP contribution >= 0.6 is 22.7 Å². The van der Waals surface area contributed by atoms with Crippen molar-refractivity contribution in [1.82, 2.24) is 24.7 Å². The molecular weight excluding hydrogens is 833 g/mol. The van der Waals surface area contributed by atoms with E-state index in [1.54, 1.807) is 37.3 Å². The number of thiazole rings is 2. The Kier molecular flexibility index (Phi) is 10.9. The number of nitrogens with zero attached hydrogens (tertiary/aromatic N) is 9. The summed E-state index contributed by atoms with van der Waals surface area (Å²) in [6.45, 7) is 19.9. The quantitative estimate of drug-likeness (QED) is 0.105. The molecule has 0 atom stereocenters. The number of aromatic carboxylic acids is 2. The fourth-order valence-corrected chi connectivity index (χ4v) is 9.70. The standard InChI is InChI=1S/C47H40N10O4S2/c1-22(2)38-32(21-48)43(57(55-38)47-50-34-13-11-31(45(60)61)20-36(34)63-47)54-53-40-27(7)18-37(51-42(40)52-39-25(5)14-23(3)15-26(39)6)56(41-28(8)16-24(4)17-29(41)9)46-49-33-12-10-30(44(58)59)19-35(33)62-46/h10-20H,1H2,2-9H3,(H,51,52)(H,58,59)(H,60,61)/b54-53+. The summed E-state index contributed by atoms with van der Waals surface area (Å²) >= 11 is 2.56. The molecule has 0 saturated carbocycles. The SMILES string of the molecule is C=C(C)c1nn(-c2nc3ccc(C(=O)O)cc3s2)c(/N=N/c2c(C)cc(N(c3nc4ccc(C(=O)O)cc4s3)c3c(C)cc(C)cc3C)nc2Nc2c(C)cc(C)cc2C)c1C#N. The van der Waals surface area contributed by atoms with Crippen LogP contribution in [0.25, 0.3) is 31.1 Å². The minimum atomic E-state index is -1.06. The summed E-state index contributed by atoms with van der Waals surface area (Å²) in [5, 5.41) is 48.7. The van der Waals surface area contributed by atoms with Crippen LogP contribution in [-0.4, -0.2) is 46.9 Å². The van der Waals surface area contributed by atoms with Crippen LogP contribution < -0.4 is 10.2 Å². The van der Waals surface area contributed by atoms with Gasteiger partial charge in [0.2, 0.25) is 5.13 Å². The smallest absolute Gasteiger partial charge is 0.335 e. The molecule has 63 heavy (non-hydrogen) atoms. The minimum absolute atomic E-state index is 0.105. The van der Waals surface area contributed by atoms with Gasteiger partial charge in [-0.2, -0.15) is 15.0 Å². The molecule has 0 spiro atoms. The van der Waals surface area contributed by atoms with Gasteiger partial charge in [-0.15, -0.1) is 10.2 Å². The number of hydrogen-bond donors (Lipinski definition) is 3. The fourth-order valence-electron chi connectivity index (χ4n) is 7.72. The first-order chi connectivity index (χ1) is 30.0. The number of hydrogen-bond acceptors (Lipinski definition) is 13. The number of aryl methyl sites for hydroxylation is 7. The molecule has 0 aliphatic heterocycles. The van der Waals surface area contributed by atoms with Crippen molar-refractivity contribution >= 4 is 100 Å². The van der Waals surface area contributed by atoms with E-state index in [1.165, 1.54) is 33.4 Å². The molecule has 0 aliphatic rings. The van der Waals surface area contributed by atoms with E-state index in [1.807, 2.05) is 59.4 Å². The van der Waals surface area contributed by atoms with Crippen molar-refractivity contribution in [3.8, 4) is 11.2 Å². The number of anilines is 5. The first-order valence-corrected chi connectivity index (χ1v) is 21.3. The number of pyridine rings is 1. The molecule has 0 amide bonds. The van der Waals surface area contributed by atoms with Gasteiger partial charge < -0.3 is 15.5 Å². The fraction of sp³-hybridized carbons (Fsp3) is 0.170. The molecular formula is C47H40N10O4S2. The normalized spacial score (nSPS) is 11.4. The predicted octanol–water partition coefficient (Wildman–Crippen LogP) is 12.6. The number of carbonyl (C=O) groups is 2. The van der Waals surface area contributed by atoms with Gasteiger partial charge in [-0.25, -0.2) is 24.5 Å². The molecule has 0 unspecified atom stereocenters. The number of benzene rings is 4. The second kappa shape index (κ2) is 16.3. The third-order valence-electron chi connectivity index (χ3n) is 10.4. The lowest BCUT2D eigenvalue weighted by Crippen LogP contribution is -2.15. The van der Waals surface area contributed by atoms with Gasteiger partial charge in [-0.1, -0.05) is 64.6 Å². The van der Waals surface area contributed by atoms with Gasteiger partial charge in [-0.05, 0) is 131 Å². The Morgan fingerprint density at radius 3 is 1.90 bits per heavy atom. The number of rotatable bonds is 11. The van der Waals surface area contributed by atoms with Crippen molar-refractivity contribution < 1.29 is 19.8 Å². The van der Waals surface area contributed by atoms with E-state index < -0.39 is 11.9 Å². The maximum absolute atomic E-state index is 11.9. The molecule has 4 heterocycles. The van der Waals surface area contributed by atoms with Gasteiger partial charge >= 0.3 is 11.9 Å². The third-order valence-corrected chi connectivity index (χ3v) is 12.4.